The van der Waals surface area contributed by atoms with Gasteiger partial charge in [-0.15, -0.1) is 0 Å². The molecule has 3 fully saturated rings. The highest BCUT2D eigenvalue weighted by Gasteiger charge is 2.67. The summed E-state index contributed by atoms with van der Waals surface area (Å²) in [5.74, 6) is 6.30. The predicted octanol–water partition coefficient (Wildman–Crippen LogP) is 3.24. The number of nitrogens with zero attached hydrogens (tertiary/aromatic N) is 2. The third-order valence-corrected chi connectivity index (χ3v) is 6.16. The van der Waals surface area contributed by atoms with Gasteiger partial charge < -0.3 is 9.88 Å². The first kappa shape index (κ1) is 12.9. The normalized spacial score (nSPS) is 39.0. The van der Waals surface area contributed by atoms with E-state index < -0.39 is 0 Å². The second kappa shape index (κ2) is 4.87. The summed E-state index contributed by atoms with van der Waals surface area (Å²) in [5, 5.41) is 3.82. The fourth-order valence-corrected chi connectivity index (χ4v) is 5.40. The fourth-order valence-electron chi connectivity index (χ4n) is 5.40. The minimum atomic E-state index is 0.503. The molecule has 0 spiro atoms. The van der Waals surface area contributed by atoms with Crippen molar-refractivity contribution in [2.24, 2.45) is 29.6 Å². The number of rotatable bonds is 6. The van der Waals surface area contributed by atoms with Crippen LogP contribution in [0.2, 0.25) is 0 Å². The molecule has 2 bridgehead atoms. The number of nitrogens with one attached hydrogen (secondary N) is 1. The van der Waals surface area contributed by atoms with Crippen molar-refractivity contribution in [2.45, 2.75) is 52.1 Å². The minimum absolute atomic E-state index is 0.503. The molecule has 5 atom stereocenters. The van der Waals surface area contributed by atoms with Gasteiger partial charge in [-0.25, -0.2) is 4.98 Å². The average molecular weight is 273 g/mol. The highest BCUT2D eigenvalue weighted by Crippen LogP contribution is 2.72. The molecule has 110 valence electrons. The standard InChI is InChI=1S/C17H27N3/c1-3-7-18-16(17-19-8-9-20(17)4-2)15-13-11-5-6-12(10-11)14(13)15/h8-9,11-16,18H,3-7,10H2,1-2H3. The lowest BCUT2D eigenvalue weighted by molar-refractivity contribution is 0.351. The van der Waals surface area contributed by atoms with Gasteiger partial charge in [-0.2, -0.15) is 0 Å². The maximum absolute atomic E-state index is 4.70. The second-order valence-corrected chi connectivity index (χ2v) is 7.07. The van der Waals surface area contributed by atoms with Gasteiger partial charge in [0.2, 0.25) is 0 Å². The molecule has 0 radical (unpaired) electrons. The molecule has 4 rings (SSSR count). The van der Waals surface area contributed by atoms with Gasteiger partial charge in [0.25, 0.3) is 0 Å². The van der Waals surface area contributed by atoms with Crippen LogP contribution in [0.4, 0.5) is 0 Å². The molecule has 3 heteroatoms. The zero-order valence-electron chi connectivity index (χ0n) is 12.8. The van der Waals surface area contributed by atoms with Crippen LogP contribution < -0.4 is 5.32 Å². The lowest BCUT2D eigenvalue weighted by Gasteiger charge is -2.22. The minimum Gasteiger partial charge on any atom is -0.334 e. The van der Waals surface area contributed by atoms with Crippen molar-refractivity contribution >= 4 is 0 Å². The molecule has 3 aliphatic rings. The smallest absolute Gasteiger partial charge is 0.126 e. The number of aromatic nitrogens is 2. The van der Waals surface area contributed by atoms with Gasteiger partial charge in [-0.05, 0) is 68.7 Å². The van der Waals surface area contributed by atoms with Gasteiger partial charge in [-0.3, -0.25) is 0 Å². The topological polar surface area (TPSA) is 29.9 Å². The lowest BCUT2D eigenvalue weighted by atomic mass is 9.96. The Morgan fingerprint density at radius 2 is 2.05 bits per heavy atom. The molecule has 0 amide bonds. The summed E-state index contributed by atoms with van der Waals surface area (Å²) in [6, 6.07) is 0.503. The first-order chi connectivity index (χ1) is 9.85. The van der Waals surface area contributed by atoms with Gasteiger partial charge in [0.15, 0.2) is 0 Å². The summed E-state index contributed by atoms with van der Waals surface area (Å²) in [6.45, 7) is 6.63. The average Bonchev–Trinajstić information content (AvgIpc) is 2.88. The van der Waals surface area contributed by atoms with Gasteiger partial charge in [-0.1, -0.05) is 6.92 Å². The van der Waals surface area contributed by atoms with Crippen LogP contribution in [0.3, 0.4) is 0 Å². The molecule has 5 unspecified atom stereocenters. The van der Waals surface area contributed by atoms with Crippen LogP contribution in [-0.2, 0) is 6.54 Å². The van der Waals surface area contributed by atoms with Gasteiger partial charge in [0.05, 0.1) is 6.04 Å². The Bertz CT molecular complexity index is 464. The Morgan fingerprint density at radius 3 is 2.70 bits per heavy atom. The highest BCUT2D eigenvalue weighted by molar-refractivity contribution is 5.19. The van der Waals surface area contributed by atoms with Crippen molar-refractivity contribution in [1.29, 1.82) is 0 Å². The molecule has 3 nitrogen and oxygen atoms in total. The molecular weight excluding hydrogens is 246 g/mol. The number of hydrogen-bond donors (Lipinski definition) is 1. The molecule has 1 heterocycles. The van der Waals surface area contributed by atoms with E-state index in [2.05, 4.69) is 29.9 Å². The molecule has 1 N–H and O–H groups in total. The van der Waals surface area contributed by atoms with Crippen LogP contribution in [0.5, 0.6) is 0 Å². The summed E-state index contributed by atoms with van der Waals surface area (Å²) in [5.41, 5.74) is 0. The van der Waals surface area contributed by atoms with Crippen molar-refractivity contribution in [3.8, 4) is 0 Å². The van der Waals surface area contributed by atoms with Crippen LogP contribution in [0, 0.1) is 29.6 Å². The van der Waals surface area contributed by atoms with E-state index in [1.54, 1.807) is 0 Å². The molecule has 1 aromatic heterocycles. The Labute approximate surface area is 122 Å². The first-order valence-electron chi connectivity index (χ1n) is 8.59. The molecule has 0 aromatic carbocycles. The van der Waals surface area contributed by atoms with Gasteiger partial charge in [0, 0.05) is 18.9 Å². The van der Waals surface area contributed by atoms with Crippen molar-refractivity contribution in [1.82, 2.24) is 14.9 Å². The van der Waals surface area contributed by atoms with E-state index in [1.165, 1.54) is 31.5 Å². The third-order valence-electron chi connectivity index (χ3n) is 6.16. The molecule has 3 aliphatic carbocycles. The first-order valence-corrected chi connectivity index (χ1v) is 8.59. The Balaban J connectivity index is 1.58. The zero-order valence-corrected chi connectivity index (χ0v) is 12.8. The summed E-state index contributed by atoms with van der Waals surface area (Å²) in [4.78, 5) is 4.70. The number of fused-ring (bicyclic) bond motifs is 5. The van der Waals surface area contributed by atoms with Crippen molar-refractivity contribution in [2.75, 3.05) is 6.54 Å². The van der Waals surface area contributed by atoms with Crippen molar-refractivity contribution < 1.29 is 0 Å². The number of hydrogen-bond acceptors (Lipinski definition) is 2. The van der Waals surface area contributed by atoms with Crippen LogP contribution >= 0.6 is 0 Å². The zero-order chi connectivity index (χ0) is 13.7. The summed E-state index contributed by atoms with van der Waals surface area (Å²) < 4.78 is 2.34. The van der Waals surface area contributed by atoms with E-state index in [0.717, 1.165) is 42.7 Å². The highest BCUT2D eigenvalue weighted by atomic mass is 15.1. The second-order valence-electron chi connectivity index (χ2n) is 7.07. The quantitative estimate of drug-likeness (QED) is 0.862. The number of aryl methyl sites for hydroxylation is 1. The van der Waals surface area contributed by atoms with E-state index in [-0.39, 0.29) is 0 Å². The Kier molecular flexibility index (Phi) is 3.13. The lowest BCUT2D eigenvalue weighted by Crippen LogP contribution is -2.29. The third kappa shape index (κ3) is 1.78. The van der Waals surface area contributed by atoms with Gasteiger partial charge >= 0.3 is 0 Å². The fraction of sp³-hybridized carbons (Fsp3) is 0.824. The Hall–Kier alpha value is -0.830. The van der Waals surface area contributed by atoms with Crippen LogP contribution in [0.25, 0.3) is 0 Å². The van der Waals surface area contributed by atoms with Crippen molar-refractivity contribution in [3.63, 3.8) is 0 Å². The SMILES string of the molecule is CCCNC(c1nccn1CC)C1C2C3CCC(C3)C21. The summed E-state index contributed by atoms with van der Waals surface area (Å²) >= 11 is 0. The maximum atomic E-state index is 4.70. The van der Waals surface area contributed by atoms with E-state index >= 15 is 0 Å². The largest absolute Gasteiger partial charge is 0.334 e. The summed E-state index contributed by atoms with van der Waals surface area (Å²) in [6.07, 6.45) is 9.87. The molecule has 0 aliphatic heterocycles. The van der Waals surface area contributed by atoms with Gasteiger partial charge in [0.1, 0.15) is 5.82 Å². The van der Waals surface area contributed by atoms with Crippen LogP contribution in [0.1, 0.15) is 51.4 Å². The van der Waals surface area contributed by atoms with E-state index in [0.29, 0.717) is 6.04 Å². The van der Waals surface area contributed by atoms with Crippen molar-refractivity contribution in [3.05, 3.63) is 18.2 Å². The van der Waals surface area contributed by atoms with E-state index in [4.69, 9.17) is 4.98 Å². The monoisotopic (exact) mass is 273 g/mol. The molecular formula is C17H27N3. The van der Waals surface area contributed by atoms with E-state index in [9.17, 15) is 0 Å². The molecule has 1 aromatic rings. The predicted molar refractivity (Wildman–Crippen MR) is 80.2 cm³/mol. The Morgan fingerprint density at radius 1 is 1.30 bits per heavy atom. The maximum Gasteiger partial charge on any atom is 0.126 e. The van der Waals surface area contributed by atoms with Crippen LogP contribution in [0.15, 0.2) is 12.4 Å². The number of imidazole rings is 1. The molecule has 3 saturated carbocycles. The molecule has 20 heavy (non-hydrogen) atoms. The summed E-state index contributed by atoms with van der Waals surface area (Å²) in [7, 11) is 0. The van der Waals surface area contributed by atoms with Crippen LogP contribution in [-0.4, -0.2) is 16.1 Å². The molecule has 0 saturated heterocycles. The van der Waals surface area contributed by atoms with E-state index in [1.807, 2.05) is 6.20 Å².